The molecule has 0 aliphatic rings. The molecule has 0 aliphatic carbocycles. The smallest absolute Gasteiger partial charge is 0.300 e. The molecule has 3 nitrogen and oxygen atoms in total. The second kappa shape index (κ2) is 5.61. The minimum atomic E-state index is -0.833. The topological polar surface area (TPSA) is 53.1 Å². The average Bonchev–Trinajstić information content (AvgIpc) is 1.87. The van der Waals surface area contributed by atoms with E-state index in [0.29, 0.717) is 0 Å². The highest BCUT2D eigenvalue weighted by molar-refractivity contribution is 7.71. The van der Waals surface area contributed by atoms with Crippen LogP contribution in [0.3, 0.4) is 0 Å². The first-order valence-electron chi connectivity index (χ1n) is 2.96. The molecule has 2 N–H and O–H groups in total. The molecule has 0 saturated carbocycles. The Morgan fingerprint density at radius 3 is 2.36 bits per heavy atom. The van der Waals surface area contributed by atoms with Crippen molar-refractivity contribution >= 4 is 18.2 Å². The molecule has 0 unspecified atom stereocenters. The van der Waals surface area contributed by atoms with Crippen LogP contribution in [0.15, 0.2) is 24.4 Å². The first-order valence-corrected chi connectivity index (χ1v) is 3.37. The minimum Gasteiger partial charge on any atom is -0.481 e. The van der Waals surface area contributed by atoms with E-state index < -0.39 is 5.97 Å². The first kappa shape index (κ1) is 9.84. The van der Waals surface area contributed by atoms with Crippen LogP contribution < -0.4 is 0 Å². The predicted molar refractivity (Wildman–Crippen MR) is 44.9 cm³/mol. The van der Waals surface area contributed by atoms with Gasteiger partial charge >= 0.3 is 0 Å². The molecule has 0 bridgehead atoms. The van der Waals surface area contributed by atoms with Crippen molar-refractivity contribution in [2.45, 2.75) is 6.92 Å². The number of carboxylic acids is 1. The molecule has 0 spiro atoms. The van der Waals surface area contributed by atoms with E-state index in [9.17, 15) is 0 Å². The van der Waals surface area contributed by atoms with Gasteiger partial charge in [0.25, 0.3) is 5.97 Å². The van der Waals surface area contributed by atoms with Gasteiger partial charge in [0, 0.05) is 13.1 Å². The van der Waals surface area contributed by atoms with Gasteiger partial charge in [0.1, 0.15) is 4.64 Å². The minimum absolute atomic E-state index is 0.780. The van der Waals surface area contributed by atoms with Crippen molar-refractivity contribution in [1.29, 1.82) is 0 Å². The molecule has 60 valence electrons. The van der Waals surface area contributed by atoms with Crippen LogP contribution in [0.2, 0.25) is 0 Å². The van der Waals surface area contributed by atoms with E-state index >= 15 is 0 Å². The molecule has 1 rings (SSSR count). The van der Waals surface area contributed by atoms with E-state index in [1.165, 1.54) is 0 Å². The van der Waals surface area contributed by atoms with Crippen LogP contribution in [-0.4, -0.2) is 16.1 Å². The van der Waals surface area contributed by atoms with Gasteiger partial charge in [-0.1, -0.05) is 18.3 Å². The number of nitrogens with one attached hydrogen (secondary N) is 1. The third-order valence-corrected chi connectivity index (χ3v) is 0.934. The van der Waals surface area contributed by atoms with Gasteiger partial charge in [-0.05, 0) is 12.1 Å². The number of hydrogen-bond acceptors (Lipinski definition) is 2. The molecule has 1 aromatic rings. The molecule has 0 radical (unpaired) electrons. The summed E-state index contributed by atoms with van der Waals surface area (Å²) in [5, 5.41) is 7.42. The number of aromatic nitrogens is 1. The Hall–Kier alpha value is -1.16. The summed E-state index contributed by atoms with van der Waals surface area (Å²) in [6.07, 6.45) is 1.81. The fourth-order valence-electron chi connectivity index (χ4n) is 0.377. The maximum absolute atomic E-state index is 9.00. The molecule has 0 amide bonds. The third-order valence-electron chi connectivity index (χ3n) is 0.681. The van der Waals surface area contributed by atoms with Crippen LogP contribution in [0, 0.1) is 4.64 Å². The normalized spacial score (nSPS) is 7.73. The van der Waals surface area contributed by atoms with Gasteiger partial charge in [0.2, 0.25) is 0 Å². The van der Waals surface area contributed by atoms with Crippen LogP contribution in [-0.2, 0) is 4.79 Å². The average molecular weight is 171 g/mol. The number of aliphatic carboxylic acids is 1. The lowest BCUT2D eigenvalue weighted by atomic mass is 10.5. The fraction of sp³-hybridized carbons (Fsp3) is 0.143. The number of hydrogen-bond donors (Lipinski definition) is 2. The Balaban J connectivity index is 0.000000218. The Labute approximate surface area is 69.7 Å². The molecular weight excluding hydrogens is 162 g/mol. The summed E-state index contributed by atoms with van der Waals surface area (Å²) in [4.78, 5) is 11.8. The van der Waals surface area contributed by atoms with Gasteiger partial charge in [-0.3, -0.25) is 4.79 Å². The third kappa shape index (κ3) is 8.84. The Morgan fingerprint density at radius 2 is 2.18 bits per heavy atom. The highest BCUT2D eigenvalue weighted by atomic mass is 32.1. The van der Waals surface area contributed by atoms with Gasteiger partial charge in [0.05, 0.1) is 0 Å². The van der Waals surface area contributed by atoms with Crippen molar-refractivity contribution in [3.8, 4) is 0 Å². The molecule has 0 atom stereocenters. The number of rotatable bonds is 0. The monoisotopic (exact) mass is 171 g/mol. The lowest BCUT2D eigenvalue weighted by Crippen LogP contribution is -1.78. The molecule has 0 saturated heterocycles. The van der Waals surface area contributed by atoms with Crippen molar-refractivity contribution in [2.24, 2.45) is 0 Å². The van der Waals surface area contributed by atoms with Crippen molar-refractivity contribution in [2.75, 3.05) is 0 Å². The number of carboxylic acid groups (broad SMARTS) is 1. The van der Waals surface area contributed by atoms with Gasteiger partial charge in [0.15, 0.2) is 0 Å². The molecule has 0 fully saturated rings. The van der Waals surface area contributed by atoms with Crippen molar-refractivity contribution in [3.63, 3.8) is 0 Å². The summed E-state index contributed by atoms with van der Waals surface area (Å²) in [6, 6.07) is 5.64. The van der Waals surface area contributed by atoms with E-state index in [2.05, 4.69) is 4.98 Å². The highest BCUT2D eigenvalue weighted by Gasteiger charge is 1.65. The molecule has 1 heterocycles. The summed E-state index contributed by atoms with van der Waals surface area (Å²) in [6.45, 7) is 1.08. The quantitative estimate of drug-likeness (QED) is 0.585. The SMILES string of the molecule is CC(=O)O.S=c1cccc[nH]1. The molecule has 4 heteroatoms. The molecule has 11 heavy (non-hydrogen) atoms. The first-order chi connectivity index (χ1) is 5.13. The lowest BCUT2D eigenvalue weighted by Gasteiger charge is -1.76. The van der Waals surface area contributed by atoms with Crippen molar-refractivity contribution in [1.82, 2.24) is 4.98 Å². The van der Waals surface area contributed by atoms with E-state index in [-0.39, 0.29) is 0 Å². The van der Waals surface area contributed by atoms with E-state index in [4.69, 9.17) is 22.1 Å². The van der Waals surface area contributed by atoms with Crippen molar-refractivity contribution < 1.29 is 9.90 Å². The summed E-state index contributed by atoms with van der Waals surface area (Å²) >= 11 is 4.76. The van der Waals surface area contributed by atoms with Crippen LogP contribution >= 0.6 is 12.2 Å². The van der Waals surface area contributed by atoms with Crippen LogP contribution in [0.1, 0.15) is 6.92 Å². The number of carbonyl (C=O) groups is 1. The largest absolute Gasteiger partial charge is 0.481 e. The van der Waals surface area contributed by atoms with Crippen LogP contribution in [0.5, 0.6) is 0 Å². The lowest BCUT2D eigenvalue weighted by molar-refractivity contribution is -0.134. The molecule has 0 aromatic carbocycles. The van der Waals surface area contributed by atoms with Gasteiger partial charge in [-0.2, -0.15) is 0 Å². The van der Waals surface area contributed by atoms with Gasteiger partial charge < -0.3 is 10.1 Å². The summed E-state index contributed by atoms with van der Waals surface area (Å²) in [5.74, 6) is -0.833. The zero-order valence-electron chi connectivity index (χ0n) is 6.07. The van der Waals surface area contributed by atoms with Gasteiger partial charge in [-0.25, -0.2) is 0 Å². The summed E-state index contributed by atoms with van der Waals surface area (Å²) in [7, 11) is 0. The second-order valence-electron chi connectivity index (χ2n) is 1.75. The molecule has 0 aliphatic heterocycles. The number of pyridine rings is 1. The van der Waals surface area contributed by atoms with Gasteiger partial charge in [-0.15, -0.1) is 0 Å². The number of aromatic amines is 1. The molecular formula is C7H9NO2S. The second-order valence-corrected chi connectivity index (χ2v) is 2.19. The standard InChI is InChI=1S/C5H5NS.C2H4O2/c7-5-3-1-2-4-6-5;1-2(3)4/h1-4H,(H,6,7);1H3,(H,3,4). The predicted octanol–water partition coefficient (Wildman–Crippen LogP) is 1.84. The number of H-pyrrole nitrogens is 1. The Morgan fingerprint density at radius 1 is 1.64 bits per heavy atom. The van der Waals surface area contributed by atoms with Crippen molar-refractivity contribution in [3.05, 3.63) is 29.0 Å². The van der Waals surface area contributed by atoms with E-state index in [0.717, 1.165) is 11.6 Å². The highest BCUT2D eigenvalue weighted by Crippen LogP contribution is 1.80. The summed E-state index contributed by atoms with van der Waals surface area (Å²) < 4.78 is 0.780. The molecule has 1 aromatic heterocycles. The Bertz CT molecular complexity index is 248. The van der Waals surface area contributed by atoms with E-state index in [1.54, 1.807) is 0 Å². The zero-order valence-corrected chi connectivity index (χ0v) is 6.89. The Kier molecular flexibility index (Phi) is 5.02. The maximum Gasteiger partial charge on any atom is 0.300 e. The summed E-state index contributed by atoms with van der Waals surface area (Å²) in [5.41, 5.74) is 0. The fourth-order valence-corrected chi connectivity index (χ4v) is 0.523. The van der Waals surface area contributed by atoms with Crippen LogP contribution in [0.25, 0.3) is 0 Å². The maximum atomic E-state index is 9.00. The zero-order chi connectivity index (χ0) is 8.69. The van der Waals surface area contributed by atoms with Crippen LogP contribution in [0.4, 0.5) is 0 Å². The van der Waals surface area contributed by atoms with E-state index in [1.807, 2.05) is 24.4 Å².